The third-order valence-corrected chi connectivity index (χ3v) is 2.91. The van der Waals surface area contributed by atoms with E-state index in [0.717, 1.165) is 5.56 Å². The number of rotatable bonds is 6. The molecule has 0 aromatic heterocycles. The minimum Gasteiger partial charge on any atom is -0.467 e. The largest absolute Gasteiger partial charge is 0.467 e. The first-order chi connectivity index (χ1) is 9.46. The Morgan fingerprint density at radius 3 is 2.24 bits per heavy atom. The second-order valence-corrected chi connectivity index (χ2v) is 4.61. The molecule has 1 rings (SSSR count). The van der Waals surface area contributed by atoms with Crippen molar-refractivity contribution in [3.8, 4) is 0 Å². The van der Waals surface area contributed by atoms with E-state index in [1.54, 1.807) is 31.2 Å². The molecule has 0 aliphatic rings. The van der Waals surface area contributed by atoms with Gasteiger partial charge in [0.15, 0.2) is 5.54 Å². The van der Waals surface area contributed by atoms with E-state index in [0.29, 0.717) is 12.1 Å². The van der Waals surface area contributed by atoms with Crippen LogP contribution in [0.2, 0.25) is 0 Å². The fraction of sp³-hybridized carbons (Fsp3) is 0.429. The van der Waals surface area contributed by atoms with Crippen molar-refractivity contribution in [1.82, 2.24) is 5.32 Å². The van der Waals surface area contributed by atoms with E-state index >= 15 is 0 Å². The van der Waals surface area contributed by atoms with Crippen LogP contribution in [0.5, 0.6) is 0 Å². The minimum atomic E-state index is -1.23. The number of nitrogens with two attached hydrogens (primary N) is 1. The molecule has 21 heavy (non-hydrogen) atoms. The summed E-state index contributed by atoms with van der Waals surface area (Å²) in [7, 11) is 2.71. The molecule has 0 aliphatic carbocycles. The van der Waals surface area contributed by atoms with Crippen LogP contribution in [0, 0.1) is 0 Å². The Kier molecular flexibility index (Phi) is 7.94. The van der Waals surface area contributed by atoms with Gasteiger partial charge in [-0.05, 0) is 24.6 Å². The van der Waals surface area contributed by atoms with Crippen molar-refractivity contribution in [2.45, 2.75) is 19.0 Å². The van der Waals surface area contributed by atoms with Crippen LogP contribution in [0.3, 0.4) is 0 Å². The van der Waals surface area contributed by atoms with Crippen molar-refractivity contribution in [2.75, 3.05) is 20.8 Å². The number of amides is 1. The molecule has 0 heterocycles. The summed E-state index contributed by atoms with van der Waals surface area (Å²) < 4.78 is 9.66. The molecule has 6 nitrogen and oxygen atoms in total. The molecule has 0 saturated heterocycles. The highest BCUT2D eigenvalue weighted by Crippen LogP contribution is 2.10. The summed E-state index contributed by atoms with van der Waals surface area (Å²) in [4.78, 5) is 23.9. The van der Waals surface area contributed by atoms with Crippen LogP contribution in [0.25, 0.3) is 0 Å². The summed E-state index contributed by atoms with van der Waals surface area (Å²) in [6.45, 7) is 1.98. The van der Waals surface area contributed by atoms with Crippen LogP contribution < -0.4 is 11.1 Å². The average Bonchev–Trinajstić information content (AvgIpc) is 2.46. The maximum absolute atomic E-state index is 12.1. The molecular formula is C14H21ClN2O4. The van der Waals surface area contributed by atoms with Crippen molar-refractivity contribution in [3.05, 3.63) is 35.4 Å². The Labute approximate surface area is 130 Å². The maximum atomic E-state index is 12.1. The van der Waals surface area contributed by atoms with Gasteiger partial charge in [-0.2, -0.15) is 0 Å². The van der Waals surface area contributed by atoms with E-state index < -0.39 is 11.5 Å². The van der Waals surface area contributed by atoms with Gasteiger partial charge >= 0.3 is 5.97 Å². The van der Waals surface area contributed by atoms with E-state index in [-0.39, 0.29) is 24.9 Å². The third-order valence-electron chi connectivity index (χ3n) is 2.91. The highest BCUT2D eigenvalue weighted by atomic mass is 35.5. The van der Waals surface area contributed by atoms with Crippen molar-refractivity contribution >= 4 is 24.3 Å². The summed E-state index contributed by atoms with van der Waals surface area (Å²) >= 11 is 0. The van der Waals surface area contributed by atoms with E-state index in [2.05, 4.69) is 5.32 Å². The van der Waals surface area contributed by atoms with Gasteiger partial charge in [-0.1, -0.05) is 12.1 Å². The topological polar surface area (TPSA) is 90.6 Å². The normalized spacial score (nSPS) is 12.8. The Hall–Kier alpha value is -1.63. The smallest absolute Gasteiger partial charge is 0.333 e. The second kappa shape index (κ2) is 8.61. The van der Waals surface area contributed by atoms with Crippen LogP contribution >= 0.6 is 12.4 Å². The molecule has 1 aromatic carbocycles. The molecule has 118 valence electrons. The van der Waals surface area contributed by atoms with Crippen molar-refractivity contribution < 1.29 is 19.1 Å². The summed E-state index contributed by atoms with van der Waals surface area (Å²) in [5.41, 5.74) is 5.63. The van der Waals surface area contributed by atoms with E-state index in [4.69, 9.17) is 15.2 Å². The predicted octanol–water partition coefficient (Wildman–Crippen LogP) is 0.875. The molecule has 0 saturated carbocycles. The molecule has 0 bridgehead atoms. The second-order valence-electron chi connectivity index (χ2n) is 4.61. The van der Waals surface area contributed by atoms with Gasteiger partial charge in [-0.15, -0.1) is 12.4 Å². The van der Waals surface area contributed by atoms with Gasteiger partial charge in [-0.25, -0.2) is 4.79 Å². The quantitative estimate of drug-likeness (QED) is 0.760. The zero-order chi connectivity index (χ0) is 15.2. The monoisotopic (exact) mass is 316 g/mol. The van der Waals surface area contributed by atoms with Gasteiger partial charge in [0.1, 0.15) is 0 Å². The Morgan fingerprint density at radius 2 is 1.81 bits per heavy atom. The Bertz CT molecular complexity index is 478. The fourth-order valence-corrected chi connectivity index (χ4v) is 1.77. The molecule has 1 amide bonds. The molecule has 0 spiro atoms. The number of carbonyl (C=O) groups is 2. The highest BCUT2D eigenvalue weighted by Gasteiger charge is 2.36. The summed E-state index contributed by atoms with van der Waals surface area (Å²) in [6.07, 6.45) is 0. The zero-order valence-electron chi connectivity index (χ0n) is 12.3. The van der Waals surface area contributed by atoms with Crippen molar-refractivity contribution in [3.63, 3.8) is 0 Å². The van der Waals surface area contributed by atoms with Crippen molar-refractivity contribution in [2.24, 2.45) is 5.73 Å². The van der Waals surface area contributed by atoms with E-state index in [1.807, 2.05) is 0 Å². The molecule has 1 unspecified atom stereocenters. The molecule has 3 N–H and O–H groups in total. The Morgan fingerprint density at radius 1 is 1.24 bits per heavy atom. The van der Waals surface area contributed by atoms with Gasteiger partial charge < -0.3 is 20.5 Å². The van der Waals surface area contributed by atoms with Crippen LogP contribution in [0.4, 0.5) is 0 Å². The summed E-state index contributed by atoms with van der Waals surface area (Å²) in [5, 5.41) is 2.63. The van der Waals surface area contributed by atoms with E-state index in [1.165, 1.54) is 14.2 Å². The molecule has 1 aromatic rings. The standard InChI is InChI=1S/C14H20N2O4.ClH/c1-14(9-19-2,13(18)20-3)16-12(17)11-6-4-10(8-15)5-7-11;/h4-7H,8-9,15H2,1-3H3,(H,16,17);1H. The van der Waals surface area contributed by atoms with Crippen LogP contribution in [0.1, 0.15) is 22.8 Å². The Balaban J connectivity index is 0.00000400. The minimum absolute atomic E-state index is 0. The lowest BCUT2D eigenvalue weighted by Crippen LogP contribution is -2.55. The number of nitrogens with one attached hydrogen (secondary N) is 1. The lowest BCUT2D eigenvalue weighted by molar-refractivity contribution is -0.149. The molecule has 0 radical (unpaired) electrons. The van der Waals surface area contributed by atoms with Gasteiger partial charge in [-0.3, -0.25) is 4.79 Å². The SMILES string of the molecule is COCC(C)(NC(=O)c1ccc(CN)cc1)C(=O)OC.Cl. The number of methoxy groups -OCH3 is 2. The number of hydrogen-bond acceptors (Lipinski definition) is 5. The first kappa shape index (κ1) is 19.4. The lowest BCUT2D eigenvalue weighted by Gasteiger charge is -2.27. The number of hydrogen-bond donors (Lipinski definition) is 2. The highest BCUT2D eigenvalue weighted by molar-refractivity contribution is 5.98. The average molecular weight is 317 g/mol. The third kappa shape index (κ3) is 5.00. The molecule has 0 aliphatic heterocycles. The lowest BCUT2D eigenvalue weighted by atomic mass is 10.0. The number of ether oxygens (including phenoxy) is 2. The van der Waals surface area contributed by atoms with Crippen LogP contribution in [-0.4, -0.2) is 38.2 Å². The predicted molar refractivity (Wildman–Crippen MR) is 81.3 cm³/mol. The first-order valence-corrected chi connectivity index (χ1v) is 6.15. The summed E-state index contributed by atoms with van der Waals surface area (Å²) in [6, 6.07) is 6.84. The molecular weight excluding hydrogens is 296 g/mol. The summed E-state index contributed by atoms with van der Waals surface area (Å²) in [5.74, 6) is -0.940. The van der Waals surface area contributed by atoms with Gasteiger partial charge in [0.2, 0.25) is 0 Å². The van der Waals surface area contributed by atoms with E-state index in [9.17, 15) is 9.59 Å². The van der Waals surface area contributed by atoms with Crippen molar-refractivity contribution in [1.29, 1.82) is 0 Å². The molecule has 0 fully saturated rings. The van der Waals surface area contributed by atoms with Crippen LogP contribution in [0.15, 0.2) is 24.3 Å². The first-order valence-electron chi connectivity index (χ1n) is 6.15. The number of halogens is 1. The van der Waals surface area contributed by atoms with Gasteiger partial charge in [0, 0.05) is 19.2 Å². The fourth-order valence-electron chi connectivity index (χ4n) is 1.77. The molecule has 7 heteroatoms. The van der Waals surface area contributed by atoms with Gasteiger partial charge in [0.25, 0.3) is 5.91 Å². The van der Waals surface area contributed by atoms with Crippen LogP contribution in [-0.2, 0) is 20.8 Å². The van der Waals surface area contributed by atoms with Gasteiger partial charge in [0.05, 0.1) is 13.7 Å². The number of benzene rings is 1. The maximum Gasteiger partial charge on any atom is 0.333 e. The number of carbonyl (C=O) groups excluding carboxylic acids is 2. The zero-order valence-corrected chi connectivity index (χ0v) is 13.2. The number of esters is 1. The molecule has 1 atom stereocenters.